The summed E-state index contributed by atoms with van der Waals surface area (Å²) in [5, 5.41) is 3.69. The van der Waals surface area contributed by atoms with Crippen LogP contribution in [0, 0.1) is 0 Å². The minimum Gasteiger partial charge on any atom is -0.467 e. The van der Waals surface area contributed by atoms with Gasteiger partial charge in [-0.05, 0) is 30.5 Å². The van der Waals surface area contributed by atoms with Crippen molar-refractivity contribution >= 4 is 35.2 Å². The predicted molar refractivity (Wildman–Crippen MR) is 85.3 cm³/mol. The van der Waals surface area contributed by atoms with Crippen molar-refractivity contribution in [3.8, 4) is 0 Å². The third-order valence-electron chi connectivity index (χ3n) is 3.62. The van der Waals surface area contributed by atoms with E-state index in [1.54, 1.807) is 23.1 Å². The molecule has 1 atom stereocenters. The van der Waals surface area contributed by atoms with Crippen molar-refractivity contribution in [1.82, 2.24) is 10.2 Å². The van der Waals surface area contributed by atoms with Crippen LogP contribution in [0.2, 0.25) is 10.0 Å². The van der Waals surface area contributed by atoms with Crippen LogP contribution >= 0.6 is 23.2 Å². The Morgan fingerprint density at radius 2 is 2.00 bits per heavy atom. The zero-order chi connectivity index (χ0) is 16.1. The fourth-order valence-corrected chi connectivity index (χ4v) is 2.89. The lowest BCUT2D eigenvalue weighted by molar-refractivity contribution is -0.142. The van der Waals surface area contributed by atoms with Crippen LogP contribution in [-0.2, 0) is 16.0 Å². The summed E-state index contributed by atoms with van der Waals surface area (Å²) in [6.45, 7) is 1.42. The van der Waals surface area contributed by atoms with E-state index >= 15 is 0 Å². The minimum absolute atomic E-state index is 0.252. The largest absolute Gasteiger partial charge is 0.467 e. The number of carbonyl (C=O) groups is 2. The van der Waals surface area contributed by atoms with Gasteiger partial charge in [-0.15, -0.1) is 0 Å². The summed E-state index contributed by atoms with van der Waals surface area (Å²) in [7, 11) is 1.29. The molecule has 1 aromatic rings. The Labute approximate surface area is 139 Å². The number of carbonyl (C=O) groups excluding carboxylic acids is 2. The molecule has 0 unspecified atom stereocenters. The van der Waals surface area contributed by atoms with Crippen molar-refractivity contribution in [2.24, 2.45) is 0 Å². The Kier molecular flexibility index (Phi) is 5.91. The van der Waals surface area contributed by atoms with Crippen LogP contribution in [0.15, 0.2) is 18.2 Å². The standard InChI is InChI=1S/C15H18Cl2N2O3/c1-22-14(20)13(18-15(21)19-6-2-3-7-19)8-10-4-5-11(16)9-12(10)17/h4-5,9,13H,2-3,6-8H2,1H3,(H,18,21)/t13-/m1/s1. The molecule has 1 fully saturated rings. The average Bonchev–Trinajstić information content (AvgIpc) is 3.02. The van der Waals surface area contributed by atoms with Crippen LogP contribution in [0.5, 0.6) is 0 Å². The van der Waals surface area contributed by atoms with Crippen molar-refractivity contribution in [1.29, 1.82) is 0 Å². The van der Waals surface area contributed by atoms with Crippen molar-refractivity contribution in [2.45, 2.75) is 25.3 Å². The molecule has 2 amide bonds. The van der Waals surface area contributed by atoms with Crippen molar-refractivity contribution in [2.75, 3.05) is 20.2 Å². The van der Waals surface area contributed by atoms with Gasteiger partial charge in [-0.25, -0.2) is 9.59 Å². The summed E-state index contributed by atoms with van der Waals surface area (Å²) in [6.07, 6.45) is 2.22. The highest BCUT2D eigenvalue weighted by atomic mass is 35.5. The molecule has 5 nitrogen and oxygen atoms in total. The van der Waals surface area contributed by atoms with E-state index in [0.717, 1.165) is 18.4 Å². The maximum atomic E-state index is 12.2. The lowest BCUT2D eigenvalue weighted by atomic mass is 10.1. The van der Waals surface area contributed by atoms with Crippen LogP contribution < -0.4 is 5.32 Å². The Bertz CT molecular complexity index is 560. The maximum absolute atomic E-state index is 12.2. The highest BCUT2D eigenvalue weighted by Crippen LogP contribution is 2.22. The number of urea groups is 1. The first-order valence-electron chi connectivity index (χ1n) is 7.08. The number of hydrogen-bond acceptors (Lipinski definition) is 3. The Hall–Kier alpha value is -1.46. The van der Waals surface area contributed by atoms with Gasteiger partial charge >= 0.3 is 12.0 Å². The van der Waals surface area contributed by atoms with Gasteiger partial charge < -0.3 is 15.0 Å². The second kappa shape index (κ2) is 7.70. The molecular formula is C15H18Cl2N2O3. The number of methoxy groups -OCH3 is 1. The van der Waals surface area contributed by atoms with E-state index in [9.17, 15) is 9.59 Å². The van der Waals surface area contributed by atoms with E-state index < -0.39 is 12.0 Å². The number of benzene rings is 1. The molecule has 0 saturated carbocycles. The first-order chi connectivity index (χ1) is 10.5. The van der Waals surface area contributed by atoms with Crippen molar-refractivity contribution < 1.29 is 14.3 Å². The van der Waals surface area contributed by atoms with Gasteiger partial charge in [-0.2, -0.15) is 0 Å². The third kappa shape index (κ3) is 4.27. The number of likely N-dealkylation sites (tertiary alicyclic amines) is 1. The normalized spacial score (nSPS) is 15.5. The summed E-state index contributed by atoms with van der Waals surface area (Å²) < 4.78 is 4.77. The topological polar surface area (TPSA) is 58.6 Å². The monoisotopic (exact) mass is 344 g/mol. The molecule has 1 saturated heterocycles. The van der Waals surface area contributed by atoms with E-state index in [1.807, 2.05) is 0 Å². The second-order valence-electron chi connectivity index (χ2n) is 5.16. The number of nitrogens with one attached hydrogen (secondary N) is 1. The van der Waals surface area contributed by atoms with E-state index in [2.05, 4.69) is 5.32 Å². The van der Waals surface area contributed by atoms with Gasteiger partial charge in [0.05, 0.1) is 7.11 Å². The number of ether oxygens (including phenoxy) is 1. The maximum Gasteiger partial charge on any atom is 0.328 e. The minimum atomic E-state index is -0.781. The van der Waals surface area contributed by atoms with Crippen molar-refractivity contribution in [3.63, 3.8) is 0 Å². The molecule has 1 aliphatic rings. The fraction of sp³-hybridized carbons (Fsp3) is 0.467. The molecule has 22 heavy (non-hydrogen) atoms. The van der Waals surface area contributed by atoms with Gasteiger partial charge in [0.15, 0.2) is 0 Å². The summed E-state index contributed by atoms with van der Waals surface area (Å²) in [5.74, 6) is -0.501. The first kappa shape index (κ1) is 16.9. The van der Waals surface area contributed by atoms with Crippen LogP contribution in [0.1, 0.15) is 18.4 Å². The lowest BCUT2D eigenvalue weighted by Crippen LogP contribution is -2.48. The van der Waals surface area contributed by atoms with Crippen molar-refractivity contribution in [3.05, 3.63) is 33.8 Å². The highest BCUT2D eigenvalue weighted by molar-refractivity contribution is 6.35. The number of amides is 2. The molecule has 2 rings (SSSR count). The van der Waals surface area contributed by atoms with Gasteiger partial charge in [-0.1, -0.05) is 29.3 Å². The first-order valence-corrected chi connectivity index (χ1v) is 7.84. The number of hydrogen-bond donors (Lipinski definition) is 1. The van der Waals surface area contributed by atoms with Crippen LogP contribution in [-0.4, -0.2) is 43.1 Å². The number of nitrogens with zero attached hydrogens (tertiary/aromatic N) is 1. The molecule has 0 bridgehead atoms. The highest BCUT2D eigenvalue weighted by Gasteiger charge is 2.26. The summed E-state index contributed by atoms with van der Waals surface area (Å²) in [4.78, 5) is 25.8. The molecule has 0 radical (unpaired) electrons. The summed E-state index contributed by atoms with van der Waals surface area (Å²) >= 11 is 12.0. The molecule has 1 aliphatic heterocycles. The predicted octanol–water partition coefficient (Wildman–Crippen LogP) is 2.88. The molecular weight excluding hydrogens is 327 g/mol. The fourth-order valence-electron chi connectivity index (χ4n) is 2.40. The van der Waals surface area contributed by atoms with Gasteiger partial charge in [-0.3, -0.25) is 0 Å². The SMILES string of the molecule is COC(=O)[C@@H](Cc1ccc(Cl)cc1Cl)NC(=O)N1CCCC1. The average molecular weight is 345 g/mol. The third-order valence-corrected chi connectivity index (χ3v) is 4.20. The van der Waals surface area contributed by atoms with E-state index in [0.29, 0.717) is 23.1 Å². The summed E-state index contributed by atoms with van der Waals surface area (Å²) in [5.41, 5.74) is 0.725. The molecule has 7 heteroatoms. The molecule has 120 valence electrons. The Balaban J connectivity index is 2.08. The lowest BCUT2D eigenvalue weighted by Gasteiger charge is -2.22. The van der Waals surface area contributed by atoms with E-state index in [-0.39, 0.29) is 12.5 Å². The second-order valence-corrected chi connectivity index (χ2v) is 6.00. The molecule has 1 N–H and O–H groups in total. The molecule has 1 heterocycles. The van der Waals surface area contributed by atoms with Crippen LogP contribution in [0.25, 0.3) is 0 Å². The van der Waals surface area contributed by atoms with Crippen LogP contribution in [0.4, 0.5) is 4.79 Å². The number of halogens is 2. The zero-order valence-corrected chi connectivity index (χ0v) is 13.8. The Morgan fingerprint density at radius 3 is 2.59 bits per heavy atom. The summed E-state index contributed by atoms with van der Waals surface area (Å²) in [6, 6.07) is 4.01. The van der Waals surface area contributed by atoms with Crippen LogP contribution in [0.3, 0.4) is 0 Å². The Morgan fingerprint density at radius 1 is 1.32 bits per heavy atom. The van der Waals surface area contributed by atoms with Gasteiger partial charge in [0, 0.05) is 29.6 Å². The zero-order valence-electron chi connectivity index (χ0n) is 12.3. The van der Waals surface area contributed by atoms with Gasteiger partial charge in [0.25, 0.3) is 0 Å². The van der Waals surface area contributed by atoms with Gasteiger partial charge in [0.2, 0.25) is 0 Å². The molecule has 1 aromatic carbocycles. The van der Waals surface area contributed by atoms with Gasteiger partial charge in [0.1, 0.15) is 6.04 Å². The molecule has 0 spiro atoms. The van der Waals surface area contributed by atoms with E-state index in [4.69, 9.17) is 27.9 Å². The quantitative estimate of drug-likeness (QED) is 0.854. The van der Waals surface area contributed by atoms with E-state index in [1.165, 1.54) is 7.11 Å². The molecule has 0 aliphatic carbocycles. The number of rotatable bonds is 4. The molecule has 0 aromatic heterocycles. The number of esters is 1. The smallest absolute Gasteiger partial charge is 0.328 e.